The molecule has 0 aliphatic heterocycles. The molecular formula is C14H14ClN3O2. The molecule has 2 rings (SSSR count). The maximum atomic E-state index is 11.9. The van der Waals surface area contributed by atoms with Crippen LogP contribution in [0.3, 0.4) is 0 Å². The third-order valence-corrected chi connectivity index (χ3v) is 2.95. The molecule has 6 heteroatoms. The molecule has 1 heterocycles. The lowest BCUT2D eigenvalue weighted by molar-refractivity contribution is -0.117. The summed E-state index contributed by atoms with van der Waals surface area (Å²) in [6.45, 7) is 0. The fourth-order valence-corrected chi connectivity index (χ4v) is 1.78. The number of amides is 1. The molecule has 0 saturated carbocycles. The lowest BCUT2D eigenvalue weighted by Gasteiger charge is -2.12. The number of aromatic nitrogens is 1. The van der Waals surface area contributed by atoms with Gasteiger partial charge in [-0.2, -0.15) is 0 Å². The average Bonchev–Trinajstić information content (AvgIpc) is 2.44. The van der Waals surface area contributed by atoms with E-state index >= 15 is 0 Å². The van der Waals surface area contributed by atoms with Gasteiger partial charge >= 0.3 is 0 Å². The van der Waals surface area contributed by atoms with Crippen molar-refractivity contribution < 1.29 is 9.90 Å². The van der Waals surface area contributed by atoms with E-state index in [4.69, 9.17) is 17.3 Å². The van der Waals surface area contributed by atoms with E-state index in [-0.39, 0.29) is 11.7 Å². The van der Waals surface area contributed by atoms with Crippen LogP contribution in [0.5, 0.6) is 5.75 Å². The Bertz CT molecular complexity index is 584. The molecule has 0 fully saturated rings. The maximum absolute atomic E-state index is 11.9. The summed E-state index contributed by atoms with van der Waals surface area (Å²) in [5.74, 6) is -0.124. The first-order chi connectivity index (χ1) is 9.54. The molecule has 1 atom stereocenters. The summed E-state index contributed by atoms with van der Waals surface area (Å²) in [4.78, 5) is 15.8. The first-order valence-electron chi connectivity index (χ1n) is 6.00. The van der Waals surface area contributed by atoms with Gasteiger partial charge in [0.2, 0.25) is 5.91 Å². The molecule has 2 aromatic rings. The maximum Gasteiger partial charge on any atom is 0.241 e. The number of halogens is 1. The number of carbonyl (C=O) groups is 1. The van der Waals surface area contributed by atoms with Crippen LogP contribution >= 0.6 is 11.6 Å². The summed E-state index contributed by atoms with van der Waals surface area (Å²) in [6, 6.07) is 9.13. The summed E-state index contributed by atoms with van der Waals surface area (Å²) in [5.41, 5.74) is 7.26. The van der Waals surface area contributed by atoms with Crippen LogP contribution in [-0.4, -0.2) is 22.0 Å². The monoisotopic (exact) mass is 291 g/mol. The van der Waals surface area contributed by atoms with Crippen molar-refractivity contribution >= 4 is 23.2 Å². The van der Waals surface area contributed by atoms with Crippen molar-refractivity contribution in [3.8, 4) is 5.75 Å². The number of benzene rings is 1. The van der Waals surface area contributed by atoms with Crippen LogP contribution in [0, 0.1) is 0 Å². The van der Waals surface area contributed by atoms with E-state index in [1.807, 2.05) is 0 Å². The number of nitrogens with two attached hydrogens (primary N) is 1. The molecule has 20 heavy (non-hydrogen) atoms. The van der Waals surface area contributed by atoms with Crippen LogP contribution in [-0.2, 0) is 11.2 Å². The fraction of sp³-hybridized carbons (Fsp3) is 0.143. The third kappa shape index (κ3) is 3.94. The Morgan fingerprint density at radius 1 is 1.30 bits per heavy atom. The number of anilines is 1. The van der Waals surface area contributed by atoms with Crippen LogP contribution in [0.2, 0.25) is 5.15 Å². The van der Waals surface area contributed by atoms with Gasteiger partial charge in [0, 0.05) is 0 Å². The van der Waals surface area contributed by atoms with Crippen molar-refractivity contribution in [2.45, 2.75) is 12.5 Å². The molecule has 0 radical (unpaired) electrons. The molecule has 0 bridgehead atoms. The Hall–Kier alpha value is -2.11. The molecule has 104 valence electrons. The van der Waals surface area contributed by atoms with Gasteiger partial charge < -0.3 is 16.2 Å². The SMILES string of the molecule is N[C@@H](Cc1ccc(O)cc1)C(=O)Nc1ccc(Cl)nc1. The van der Waals surface area contributed by atoms with Gasteiger partial charge in [0.25, 0.3) is 0 Å². The highest BCUT2D eigenvalue weighted by Crippen LogP contribution is 2.12. The minimum Gasteiger partial charge on any atom is -0.508 e. The second-order valence-corrected chi connectivity index (χ2v) is 4.72. The number of rotatable bonds is 4. The van der Waals surface area contributed by atoms with Gasteiger partial charge in [0.1, 0.15) is 10.9 Å². The lowest BCUT2D eigenvalue weighted by atomic mass is 10.1. The molecule has 4 N–H and O–H groups in total. The molecule has 0 aliphatic carbocycles. The number of nitrogens with zero attached hydrogens (tertiary/aromatic N) is 1. The van der Waals surface area contributed by atoms with Gasteiger partial charge in [-0.1, -0.05) is 23.7 Å². The standard InChI is InChI=1S/C14H14ClN3O2/c15-13-6-3-10(8-17-13)18-14(20)12(16)7-9-1-4-11(19)5-2-9/h1-6,8,12,19H,7,16H2,(H,18,20)/t12-/m0/s1. The van der Waals surface area contributed by atoms with E-state index in [0.717, 1.165) is 5.56 Å². The summed E-state index contributed by atoms with van der Waals surface area (Å²) < 4.78 is 0. The highest BCUT2D eigenvalue weighted by atomic mass is 35.5. The molecule has 0 aliphatic rings. The predicted octanol–water partition coefficient (Wildman–Crippen LogP) is 1.95. The number of phenolic OH excluding ortho intramolecular Hbond substituents is 1. The Morgan fingerprint density at radius 3 is 2.60 bits per heavy atom. The van der Waals surface area contributed by atoms with Gasteiger partial charge in [-0.25, -0.2) is 4.98 Å². The molecule has 1 amide bonds. The van der Waals surface area contributed by atoms with E-state index < -0.39 is 6.04 Å². The second-order valence-electron chi connectivity index (χ2n) is 4.34. The normalized spacial score (nSPS) is 11.9. The second kappa shape index (κ2) is 6.36. The zero-order valence-electron chi connectivity index (χ0n) is 10.6. The van der Waals surface area contributed by atoms with E-state index in [1.54, 1.807) is 36.4 Å². The number of phenols is 1. The molecule has 0 unspecified atom stereocenters. The van der Waals surface area contributed by atoms with Crippen LogP contribution in [0.4, 0.5) is 5.69 Å². The molecule has 5 nitrogen and oxygen atoms in total. The number of pyridine rings is 1. The number of hydrogen-bond donors (Lipinski definition) is 3. The Labute approximate surface area is 121 Å². The van der Waals surface area contributed by atoms with E-state index in [1.165, 1.54) is 6.20 Å². The van der Waals surface area contributed by atoms with Crippen molar-refractivity contribution in [2.24, 2.45) is 5.73 Å². The average molecular weight is 292 g/mol. The van der Waals surface area contributed by atoms with Gasteiger partial charge in [-0.05, 0) is 36.2 Å². The predicted molar refractivity (Wildman–Crippen MR) is 77.7 cm³/mol. The summed E-state index contributed by atoms with van der Waals surface area (Å²) in [5, 5.41) is 12.2. The van der Waals surface area contributed by atoms with E-state index in [0.29, 0.717) is 17.3 Å². The quantitative estimate of drug-likeness (QED) is 0.751. The summed E-state index contributed by atoms with van der Waals surface area (Å²) in [7, 11) is 0. The molecule has 0 saturated heterocycles. The number of carbonyl (C=O) groups excluding carboxylic acids is 1. The number of aromatic hydroxyl groups is 1. The minimum atomic E-state index is -0.685. The van der Waals surface area contributed by atoms with Crippen molar-refractivity contribution in [1.82, 2.24) is 4.98 Å². The third-order valence-electron chi connectivity index (χ3n) is 2.72. The molecule has 1 aromatic heterocycles. The minimum absolute atomic E-state index is 0.180. The van der Waals surface area contributed by atoms with Gasteiger partial charge in [0.05, 0.1) is 17.9 Å². The smallest absolute Gasteiger partial charge is 0.241 e. The summed E-state index contributed by atoms with van der Waals surface area (Å²) >= 11 is 5.66. The first-order valence-corrected chi connectivity index (χ1v) is 6.38. The largest absolute Gasteiger partial charge is 0.508 e. The van der Waals surface area contributed by atoms with E-state index in [9.17, 15) is 9.90 Å². The van der Waals surface area contributed by atoms with Crippen LogP contribution in [0.15, 0.2) is 42.6 Å². The topological polar surface area (TPSA) is 88.2 Å². The van der Waals surface area contributed by atoms with Crippen molar-refractivity contribution in [1.29, 1.82) is 0 Å². The van der Waals surface area contributed by atoms with Crippen LogP contribution < -0.4 is 11.1 Å². The first kappa shape index (κ1) is 14.3. The summed E-state index contributed by atoms with van der Waals surface area (Å²) in [6.07, 6.45) is 1.85. The van der Waals surface area contributed by atoms with Crippen LogP contribution in [0.1, 0.15) is 5.56 Å². The highest BCUT2D eigenvalue weighted by molar-refractivity contribution is 6.29. The lowest BCUT2D eigenvalue weighted by Crippen LogP contribution is -2.37. The Morgan fingerprint density at radius 2 is 2.00 bits per heavy atom. The Balaban J connectivity index is 1.94. The number of hydrogen-bond acceptors (Lipinski definition) is 4. The van der Waals surface area contributed by atoms with Gasteiger partial charge in [0.15, 0.2) is 0 Å². The van der Waals surface area contributed by atoms with E-state index in [2.05, 4.69) is 10.3 Å². The van der Waals surface area contributed by atoms with Crippen molar-refractivity contribution in [2.75, 3.05) is 5.32 Å². The zero-order valence-corrected chi connectivity index (χ0v) is 11.3. The fourth-order valence-electron chi connectivity index (χ4n) is 1.66. The van der Waals surface area contributed by atoms with Gasteiger partial charge in [-0.3, -0.25) is 4.79 Å². The number of nitrogens with one attached hydrogen (secondary N) is 1. The Kier molecular flexibility index (Phi) is 4.55. The van der Waals surface area contributed by atoms with Crippen molar-refractivity contribution in [3.05, 3.63) is 53.3 Å². The van der Waals surface area contributed by atoms with Crippen LogP contribution in [0.25, 0.3) is 0 Å². The molecule has 0 spiro atoms. The highest BCUT2D eigenvalue weighted by Gasteiger charge is 2.14. The molecular weight excluding hydrogens is 278 g/mol. The zero-order chi connectivity index (χ0) is 14.5. The molecule has 1 aromatic carbocycles. The van der Waals surface area contributed by atoms with Crippen molar-refractivity contribution in [3.63, 3.8) is 0 Å². The van der Waals surface area contributed by atoms with Gasteiger partial charge in [-0.15, -0.1) is 0 Å².